The van der Waals surface area contributed by atoms with Crippen molar-refractivity contribution < 1.29 is 4.39 Å². The first-order valence-electron chi connectivity index (χ1n) is 7.75. The van der Waals surface area contributed by atoms with Crippen molar-refractivity contribution in [2.45, 2.75) is 12.8 Å². The highest BCUT2D eigenvalue weighted by atomic mass is 19.1. The smallest absolute Gasteiger partial charge is 0.123 e. The van der Waals surface area contributed by atoms with E-state index in [1.54, 1.807) is 12.1 Å². The van der Waals surface area contributed by atoms with Gasteiger partial charge in [0.2, 0.25) is 0 Å². The molecule has 3 nitrogen and oxygen atoms in total. The predicted molar refractivity (Wildman–Crippen MR) is 80.6 cm³/mol. The van der Waals surface area contributed by atoms with Gasteiger partial charge in [0.25, 0.3) is 0 Å². The molecule has 0 unspecified atom stereocenters. The third kappa shape index (κ3) is 3.49. The van der Waals surface area contributed by atoms with Gasteiger partial charge in [0.05, 0.1) is 0 Å². The second-order valence-corrected chi connectivity index (χ2v) is 5.96. The van der Waals surface area contributed by atoms with E-state index in [0.717, 1.165) is 37.8 Å². The summed E-state index contributed by atoms with van der Waals surface area (Å²) in [5.74, 6) is 0.715. The van der Waals surface area contributed by atoms with Crippen LogP contribution in [0.25, 0.3) is 0 Å². The maximum absolute atomic E-state index is 12.9. The normalized spacial score (nSPS) is 22.1. The number of anilines is 1. The second-order valence-electron chi connectivity index (χ2n) is 5.96. The van der Waals surface area contributed by atoms with Crippen molar-refractivity contribution in [3.8, 4) is 0 Å². The lowest BCUT2D eigenvalue weighted by atomic mass is 9.97. The van der Waals surface area contributed by atoms with E-state index in [4.69, 9.17) is 0 Å². The highest BCUT2D eigenvalue weighted by molar-refractivity contribution is 5.46. The maximum atomic E-state index is 12.9. The number of piperazine rings is 1. The lowest BCUT2D eigenvalue weighted by Crippen LogP contribution is -2.48. The number of benzene rings is 1. The zero-order valence-electron chi connectivity index (χ0n) is 12.0. The molecule has 0 aromatic heterocycles. The van der Waals surface area contributed by atoms with E-state index in [9.17, 15) is 4.39 Å². The van der Waals surface area contributed by atoms with Gasteiger partial charge in [-0.05, 0) is 56.1 Å². The van der Waals surface area contributed by atoms with Crippen LogP contribution in [0.3, 0.4) is 0 Å². The van der Waals surface area contributed by atoms with Gasteiger partial charge in [-0.1, -0.05) is 0 Å². The third-order valence-corrected chi connectivity index (χ3v) is 4.54. The Bertz CT molecular complexity index is 406. The molecule has 1 N–H and O–H groups in total. The molecule has 3 rings (SSSR count). The zero-order valence-corrected chi connectivity index (χ0v) is 12.0. The molecule has 1 aromatic carbocycles. The van der Waals surface area contributed by atoms with Crippen LogP contribution in [-0.4, -0.2) is 50.7 Å². The van der Waals surface area contributed by atoms with Gasteiger partial charge in [0, 0.05) is 38.4 Å². The molecule has 0 saturated carbocycles. The van der Waals surface area contributed by atoms with Crippen LogP contribution in [0.4, 0.5) is 10.1 Å². The van der Waals surface area contributed by atoms with Crippen LogP contribution in [0.1, 0.15) is 12.8 Å². The number of halogens is 1. The highest BCUT2D eigenvalue weighted by Crippen LogP contribution is 2.19. The Morgan fingerprint density at radius 2 is 1.65 bits per heavy atom. The van der Waals surface area contributed by atoms with Crippen molar-refractivity contribution in [2.75, 3.05) is 50.7 Å². The van der Waals surface area contributed by atoms with Gasteiger partial charge < -0.3 is 10.2 Å². The average molecular weight is 277 g/mol. The average Bonchev–Trinajstić information content (AvgIpc) is 2.50. The van der Waals surface area contributed by atoms with E-state index in [-0.39, 0.29) is 5.82 Å². The van der Waals surface area contributed by atoms with Crippen LogP contribution in [-0.2, 0) is 0 Å². The minimum atomic E-state index is -0.154. The van der Waals surface area contributed by atoms with Crippen LogP contribution in [0.15, 0.2) is 24.3 Å². The summed E-state index contributed by atoms with van der Waals surface area (Å²) in [6.45, 7) is 7.97. The van der Waals surface area contributed by atoms with Crippen LogP contribution >= 0.6 is 0 Å². The van der Waals surface area contributed by atoms with Gasteiger partial charge in [-0.15, -0.1) is 0 Å². The predicted octanol–water partition coefficient (Wildman–Crippen LogP) is 1.95. The van der Waals surface area contributed by atoms with Gasteiger partial charge in [0.1, 0.15) is 5.82 Å². The number of nitrogens with zero attached hydrogens (tertiary/aromatic N) is 2. The Kier molecular flexibility index (Phi) is 4.53. The van der Waals surface area contributed by atoms with Crippen molar-refractivity contribution in [1.29, 1.82) is 0 Å². The van der Waals surface area contributed by atoms with Crippen molar-refractivity contribution in [2.24, 2.45) is 5.92 Å². The summed E-state index contributed by atoms with van der Waals surface area (Å²) in [7, 11) is 0. The molecule has 2 fully saturated rings. The van der Waals surface area contributed by atoms with Crippen LogP contribution in [0, 0.1) is 11.7 Å². The maximum Gasteiger partial charge on any atom is 0.123 e. The molecule has 0 atom stereocenters. The monoisotopic (exact) mass is 277 g/mol. The molecule has 0 aliphatic carbocycles. The fourth-order valence-electron chi connectivity index (χ4n) is 3.27. The van der Waals surface area contributed by atoms with E-state index < -0.39 is 0 Å². The lowest BCUT2D eigenvalue weighted by Gasteiger charge is -2.38. The van der Waals surface area contributed by atoms with Gasteiger partial charge in [-0.3, -0.25) is 4.90 Å². The number of nitrogens with one attached hydrogen (secondary N) is 1. The standard InChI is InChI=1S/C16H24FN3/c17-15-1-3-16(4-2-15)20-11-9-19(10-12-20)13-14-5-7-18-8-6-14/h1-4,14,18H,5-13H2. The second kappa shape index (κ2) is 6.55. The van der Waals surface area contributed by atoms with Crippen molar-refractivity contribution in [3.63, 3.8) is 0 Å². The van der Waals surface area contributed by atoms with Gasteiger partial charge in [-0.2, -0.15) is 0 Å². The van der Waals surface area contributed by atoms with Crippen molar-refractivity contribution in [1.82, 2.24) is 10.2 Å². The molecule has 0 radical (unpaired) electrons. The molecule has 4 heteroatoms. The molecule has 110 valence electrons. The molecule has 2 aliphatic heterocycles. The number of rotatable bonds is 3. The number of piperidine rings is 1. The van der Waals surface area contributed by atoms with E-state index in [2.05, 4.69) is 15.1 Å². The largest absolute Gasteiger partial charge is 0.369 e. The Morgan fingerprint density at radius 3 is 2.30 bits per heavy atom. The van der Waals surface area contributed by atoms with Crippen LogP contribution in [0.5, 0.6) is 0 Å². The Labute approximate surface area is 120 Å². The quantitative estimate of drug-likeness (QED) is 0.911. The molecular weight excluding hydrogens is 253 g/mol. The fourth-order valence-corrected chi connectivity index (χ4v) is 3.27. The topological polar surface area (TPSA) is 18.5 Å². The third-order valence-electron chi connectivity index (χ3n) is 4.54. The summed E-state index contributed by atoms with van der Waals surface area (Å²) in [6.07, 6.45) is 2.64. The summed E-state index contributed by atoms with van der Waals surface area (Å²) >= 11 is 0. The number of hydrogen-bond acceptors (Lipinski definition) is 3. The lowest BCUT2D eigenvalue weighted by molar-refractivity contribution is 0.196. The van der Waals surface area contributed by atoms with E-state index in [0.29, 0.717) is 0 Å². The molecule has 1 aromatic rings. The Balaban J connectivity index is 1.47. The number of hydrogen-bond donors (Lipinski definition) is 1. The van der Waals surface area contributed by atoms with Crippen LogP contribution < -0.4 is 10.2 Å². The SMILES string of the molecule is Fc1ccc(N2CCN(CC3CCNCC3)CC2)cc1. The summed E-state index contributed by atoms with van der Waals surface area (Å²) in [5.41, 5.74) is 1.15. The molecule has 0 bridgehead atoms. The van der Waals surface area contributed by atoms with E-state index in [1.165, 1.54) is 32.5 Å². The van der Waals surface area contributed by atoms with E-state index in [1.807, 2.05) is 12.1 Å². The van der Waals surface area contributed by atoms with Gasteiger partial charge in [0.15, 0.2) is 0 Å². The van der Waals surface area contributed by atoms with E-state index >= 15 is 0 Å². The van der Waals surface area contributed by atoms with Crippen molar-refractivity contribution >= 4 is 5.69 Å². The van der Waals surface area contributed by atoms with Crippen molar-refractivity contribution in [3.05, 3.63) is 30.1 Å². The van der Waals surface area contributed by atoms with Crippen LogP contribution in [0.2, 0.25) is 0 Å². The highest BCUT2D eigenvalue weighted by Gasteiger charge is 2.21. The molecule has 2 saturated heterocycles. The molecule has 2 aliphatic rings. The Hall–Kier alpha value is -1.13. The molecule has 2 heterocycles. The minimum Gasteiger partial charge on any atom is -0.369 e. The zero-order chi connectivity index (χ0) is 13.8. The molecule has 0 spiro atoms. The molecule has 20 heavy (non-hydrogen) atoms. The summed E-state index contributed by atoms with van der Waals surface area (Å²) in [4.78, 5) is 4.95. The molecular formula is C16H24FN3. The summed E-state index contributed by atoms with van der Waals surface area (Å²) < 4.78 is 12.9. The van der Waals surface area contributed by atoms with Gasteiger partial charge in [-0.25, -0.2) is 4.39 Å². The fraction of sp³-hybridized carbons (Fsp3) is 0.625. The minimum absolute atomic E-state index is 0.154. The summed E-state index contributed by atoms with van der Waals surface area (Å²) in [5, 5.41) is 3.43. The molecule has 0 amide bonds. The first-order valence-corrected chi connectivity index (χ1v) is 7.75. The first kappa shape index (κ1) is 13.8. The van der Waals surface area contributed by atoms with Gasteiger partial charge >= 0.3 is 0 Å². The summed E-state index contributed by atoms with van der Waals surface area (Å²) in [6, 6.07) is 6.88. The first-order chi connectivity index (χ1) is 9.81. The Morgan fingerprint density at radius 1 is 1.00 bits per heavy atom.